The first kappa shape index (κ1) is 19.0. The molecule has 0 spiro atoms. The molecule has 5 heteroatoms. The summed E-state index contributed by atoms with van der Waals surface area (Å²) in [5.74, 6) is -0.387. The van der Waals surface area contributed by atoms with E-state index in [1.807, 2.05) is 29.8 Å². The first-order valence-corrected chi connectivity index (χ1v) is 10.1. The number of hydrogen-bond donors (Lipinski definition) is 0. The predicted octanol–water partition coefficient (Wildman–Crippen LogP) is 4.83. The van der Waals surface area contributed by atoms with Crippen molar-refractivity contribution in [1.29, 1.82) is 0 Å². The number of thiazole rings is 1. The summed E-state index contributed by atoms with van der Waals surface area (Å²) in [7, 11) is 1.92. The van der Waals surface area contributed by atoms with Crippen LogP contribution in [-0.2, 0) is 7.05 Å². The van der Waals surface area contributed by atoms with Crippen molar-refractivity contribution in [2.24, 2.45) is 12.0 Å². The van der Waals surface area contributed by atoms with Gasteiger partial charge in [-0.3, -0.25) is 9.59 Å². The van der Waals surface area contributed by atoms with Gasteiger partial charge in [-0.2, -0.15) is 4.99 Å². The van der Waals surface area contributed by atoms with Gasteiger partial charge in [-0.25, -0.2) is 0 Å². The summed E-state index contributed by atoms with van der Waals surface area (Å²) in [6.45, 7) is 4.15. The Morgan fingerprint density at radius 3 is 2.10 bits per heavy atom. The average molecular weight is 401 g/mol. The van der Waals surface area contributed by atoms with Gasteiger partial charge in [0.25, 0.3) is 5.91 Å². The van der Waals surface area contributed by atoms with Gasteiger partial charge in [-0.05, 0) is 49.2 Å². The highest BCUT2D eigenvalue weighted by Gasteiger charge is 2.11. The first-order chi connectivity index (χ1) is 13.9. The zero-order valence-corrected chi connectivity index (χ0v) is 17.3. The fourth-order valence-electron chi connectivity index (χ4n) is 3.16. The lowest BCUT2D eigenvalue weighted by Gasteiger charge is -2.02. The number of nitrogens with zero attached hydrogens (tertiary/aromatic N) is 2. The molecule has 0 fully saturated rings. The van der Waals surface area contributed by atoms with E-state index in [-0.39, 0.29) is 11.7 Å². The highest BCUT2D eigenvalue weighted by atomic mass is 32.1. The minimum atomic E-state index is -0.320. The Balaban J connectivity index is 1.64. The topological polar surface area (TPSA) is 51.4 Å². The molecule has 0 unspecified atom stereocenters. The van der Waals surface area contributed by atoms with Crippen LogP contribution in [0.2, 0.25) is 0 Å². The third-order valence-electron chi connectivity index (χ3n) is 5.05. The molecule has 4 nitrogen and oxygen atoms in total. The number of rotatable bonds is 3. The lowest BCUT2D eigenvalue weighted by atomic mass is 10.0. The van der Waals surface area contributed by atoms with E-state index >= 15 is 0 Å². The number of aryl methyl sites for hydroxylation is 3. The predicted molar refractivity (Wildman–Crippen MR) is 116 cm³/mol. The molecule has 0 saturated carbocycles. The van der Waals surface area contributed by atoms with Crippen LogP contribution in [0.5, 0.6) is 0 Å². The van der Waals surface area contributed by atoms with E-state index < -0.39 is 0 Å². The Morgan fingerprint density at radius 1 is 0.828 bits per heavy atom. The van der Waals surface area contributed by atoms with Crippen LogP contribution < -0.4 is 4.80 Å². The number of aromatic nitrogens is 1. The number of benzene rings is 3. The van der Waals surface area contributed by atoms with Crippen molar-refractivity contribution in [2.75, 3.05) is 0 Å². The van der Waals surface area contributed by atoms with E-state index in [4.69, 9.17) is 0 Å². The zero-order chi connectivity index (χ0) is 20.5. The molecule has 0 radical (unpaired) electrons. The van der Waals surface area contributed by atoms with Gasteiger partial charge in [0.15, 0.2) is 10.6 Å². The van der Waals surface area contributed by atoms with Crippen LogP contribution in [0.25, 0.3) is 10.2 Å². The summed E-state index contributed by atoms with van der Waals surface area (Å²) >= 11 is 1.50. The molecule has 144 valence electrons. The fourth-order valence-corrected chi connectivity index (χ4v) is 4.25. The van der Waals surface area contributed by atoms with Gasteiger partial charge in [-0.15, -0.1) is 0 Å². The standard InChI is InChI=1S/C24H20N2O2S/c1-15-13-20-21(14-16(15)2)29-24(26(20)3)25-23(28)19-11-9-18(10-12-19)22(27)17-7-5-4-6-8-17/h4-14H,1-3H3. The van der Waals surface area contributed by atoms with Gasteiger partial charge in [0, 0.05) is 23.7 Å². The molecule has 0 saturated heterocycles. The molecule has 4 rings (SSSR count). The van der Waals surface area contributed by atoms with Crippen molar-refractivity contribution in [3.05, 3.63) is 99.3 Å². The van der Waals surface area contributed by atoms with Gasteiger partial charge < -0.3 is 4.57 Å². The van der Waals surface area contributed by atoms with Crippen LogP contribution in [0.15, 0.2) is 71.7 Å². The van der Waals surface area contributed by atoms with Crippen molar-refractivity contribution in [3.63, 3.8) is 0 Å². The largest absolute Gasteiger partial charge is 0.319 e. The van der Waals surface area contributed by atoms with E-state index in [0.29, 0.717) is 21.5 Å². The zero-order valence-electron chi connectivity index (χ0n) is 16.5. The Kier molecular flexibility index (Phi) is 4.99. The van der Waals surface area contributed by atoms with Gasteiger partial charge in [0.05, 0.1) is 10.2 Å². The first-order valence-electron chi connectivity index (χ1n) is 9.29. The van der Waals surface area contributed by atoms with Gasteiger partial charge >= 0.3 is 0 Å². The molecule has 1 amide bonds. The fraction of sp³-hybridized carbons (Fsp3) is 0.125. The van der Waals surface area contributed by atoms with E-state index in [9.17, 15) is 9.59 Å². The lowest BCUT2D eigenvalue weighted by molar-refractivity contribution is 0.0994. The van der Waals surface area contributed by atoms with Gasteiger partial charge in [-0.1, -0.05) is 53.8 Å². The molecule has 0 N–H and O–H groups in total. The number of amides is 1. The van der Waals surface area contributed by atoms with Crippen LogP contribution in [0.3, 0.4) is 0 Å². The number of carbonyl (C=O) groups is 2. The van der Waals surface area contributed by atoms with Crippen molar-refractivity contribution >= 4 is 33.2 Å². The summed E-state index contributed by atoms with van der Waals surface area (Å²) in [6.07, 6.45) is 0. The number of hydrogen-bond acceptors (Lipinski definition) is 3. The molecule has 0 aliphatic carbocycles. The minimum absolute atomic E-state index is 0.0665. The third kappa shape index (κ3) is 3.69. The molecule has 29 heavy (non-hydrogen) atoms. The molecular weight excluding hydrogens is 380 g/mol. The highest BCUT2D eigenvalue weighted by molar-refractivity contribution is 7.16. The third-order valence-corrected chi connectivity index (χ3v) is 6.15. The smallest absolute Gasteiger partial charge is 0.279 e. The second-order valence-corrected chi connectivity index (χ2v) is 8.05. The van der Waals surface area contributed by atoms with Crippen molar-refractivity contribution in [2.45, 2.75) is 13.8 Å². The van der Waals surface area contributed by atoms with Crippen molar-refractivity contribution < 1.29 is 9.59 Å². The monoisotopic (exact) mass is 400 g/mol. The van der Waals surface area contributed by atoms with Gasteiger partial charge in [0.1, 0.15) is 0 Å². The molecule has 1 aromatic heterocycles. The maximum Gasteiger partial charge on any atom is 0.279 e. The Morgan fingerprint density at radius 2 is 1.41 bits per heavy atom. The summed E-state index contributed by atoms with van der Waals surface area (Å²) in [5, 5.41) is 0. The Labute approximate surface area is 172 Å². The van der Waals surface area contributed by atoms with E-state index in [2.05, 4.69) is 31.0 Å². The second kappa shape index (κ2) is 7.60. The molecular formula is C24H20N2O2S. The highest BCUT2D eigenvalue weighted by Crippen LogP contribution is 2.21. The number of carbonyl (C=O) groups excluding carboxylic acids is 2. The molecule has 0 aliphatic rings. The maximum absolute atomic E-state index is 12.7. The Hall–Kier alpha value is -3.31. The number of fused-ring (bicyclic) bond motifs is 1. The van der Waals surface area contributed by atoms with Crippen LogP contribution in [0.1, 0.15) is 37.4 Å². The van der Waals surface area contributed by atoms with Crippen LogP contribution >= 0.6 is 11.3 Å². The molecule has 0 atom stereocenters. The van der Waals surface area contributed by atoms with Crippen molar-refractivity contribution in [3.8, 4) is 0 Å². The van der Waals surface area contributed by atoms with E-state index in [1.54, 1.807) is 36.4 Å². The normalized spacial score (nSPS) is 11.8. The van der Waals surface area contributed by atoms with E-state index in [0.717, 1.165) is 10.2 Å². The van der Waals surface area contributed by atoms with Crippen LogP contribution in [-0.4, -0.2) is 16.3 Å². The average Bonchev–Trinajstić information content (AvgIpc) is 3.03. The second-order valence-electron chi connectivity index (χ2n) is 7.04. The Bertz CT molecular complexity index is 1300. The van der Waals surface area contributed by atoms with Crippen LogP contribution in [0.4, 0.5) is 0 Å². The summed E-state index contributed by atoms with van der Waals surface area (Å²) < 4.78 is 3.04. The van der Waals surface area contributed by atoms with Crippen LogP contribution in [0, 0.1) is 13.8 Å². The lowest BCUT2D eigenvalue weighted by Crippen LogP contribution is -2.13. The number of ketones is 1. The van der Waals surface area contributed by atoms with E-state index in [1.165, 1.54) is 22.5 Å². The molecule has 0 bridgehead atoms. The quantitative estimate of drug-likeness (QED) is 0.463. The molecule has 3 aromatic carbocycles. The summed E-state index contributed by atoms with van der Waals surface area (Å²) in [6, 6.07) is 20.0. The molecule has 1 heterocycles. The molecule has 4 aromatic rings. The molecule has 0 aliphatic heterocycles. The maximum atomic E-state index is 12.7. The minimum Gasteiger partial charge on any atom is -0.319 e. The SMILES string of the molecule is Cc1cc2sc(=NC(=O)c3ccc(C(=O)c4ccccc4)cc3)n(C)c2cc1C. The van der Waals surface area contributed by atoms with Gasteiger partial charge in [0.2, 0.25) is 0 Å². The summed E-state index contributed by atoms with van der Waals surface area (Å²) in [5.41, 5.74) is 5.12. The summed E-state index contributed by atoms with van der Waals surface area (Å²) in [4.78, 5) is 30.1. The van der Waals surface area contributed by atoms with Crippen molar-refractivity contribution in [1.82, 2.24) is 4.57 Å².